The van der Waals surface area contributed by atoms with Gasteiger partial charge in [0.15, 0.2) is 0 Å². The molecule has 0 atom stereocenters. The lowest BCUT2D eigenvalue weighted by atomic mass is 9.68. The minimum absolute atomic E-state index is 0.0508. The van der Waals surface area contributed by atoms with Gasteiger partial charge in [-0.25, -0.2) is 0 Å². The minimum Gasteiger partial charge on any atom is -0.384 e. The van der Waals surface area contributed by atoms with Crippen molar-refractivity contribution in [3.8, 4) is 0 Å². The van der Waals surface area contributed by atoms with Gasteiger partial charge in [-0.2, -0.15) is 0 Å². The van der Waals surface area contributed by atoms with E-state index >= 15 is 0 Å². The van der Waals surface area contributed by atoms with Crippen molar-refractivity contribution in [1.82, 2.24) is 0 Å². The molecule has 0 bridgehead atoms. The Bertz CT molecular complexity index is 433. The molecule has 1 aromatic rings. The van der Waals surface area contributed by atoms with Crippen molar-refractivity contribution in [3.05, 3.63) is 35.4 Å². The molecule has 2 heteroatoms. The van der Waals surface area contributed by atoms with E-state index in [0.717, 1.165) is 13.2 Å². The summed E-state index contributed by atoms with van der Waals surface area (Å²) >= 11 is 0. The highest BCUT2D eigenvalue weighted by Crippen LogP contribution is 2.39. The molecule has 20 heavy (non-hydrogen) atoms. The van der Waals surface area contributed by atoms with Crippen LogP contribution in [0.25, 0.3) is 0 Å². The van der Waals surface area contributed by atoms with Crippen molar-refractivity contribution in [2.24, 2.45) is 5.73 Å². The monoisotopic (exact) mass is 275 g/mol. The second-order valence-corrected chi connectivity index (χ2v) is 6.94. The van der Waals surface area contributed by atoms with Crippen LogP contribution in [0, 0.1) is 0 Å². The van der Waals surface area contributed by atoms with Gasteiger partial charge >= 0.3 is 0 Å². The third-order valence-electron chi connectivity index (χ3n) is 4.96. The summed E-state index contributed by atoms with van der Waals surface area (Å²) in [6.45, 7) is 5.99. The molecular formula is C18H29NO. The van der Waals surface area contributed by atoms with Crippen LogP contribution in [-0.4, -0.2) is 20.3 Å². The fourth-order valence-corrected chi connectivity index (χ4v) is 3.55. The number of ether oxygens (including phenoxy) is 1. The summed E-state index contributed by atoms with van der Waals surface area (Å²) in [6.07, 6.45) is 6.44. The second-order valence-electron chi connectivity index (χ2n) is 6.94. The standard InChI is InChI=1S/C18H29NO/c1-17(2,14-20-3)15-8-7-9-16(12-15)18(13-19)10-5-4-6-11-18/h7-9,12H,4-6,10-11,13-14,19H2,1-3H3. The summed E-state index contributed by atoms with van der Waals surface area (Å²) in [5.41, 5.74) is 9.21. The Kier molecular flexibility index (Phi) is 4.87. The summed E-state index contributed by atoms with van der Waals surface area (Å²) in [7, 11) is 1.77. The van der Waals surface area contributed by atoms with E-state index < -0.39 is 0 Å². The third kappa shape index (κ3) is 3.07. The average Bonchev–Trinajstić information content (AvgIpc) is 2.48. The lowest BCUT2D eigenvalue weighted by Gasteiger charge is -2.38. The van der Waals surface area contributed by atoms with E-state index in [4.69, 9.17) is 10.5 Å². The number of hydrogen-bond acceptors (Lipinski definition) is 2. The molecule has 0 unspecified atom stereocenters. The van der Waals surface area contributed by atoms with Crippen molar-refractivity contribution in [2.75, 3.05) is 20.3 Å². The zero-order valence-corrected chi connectivity index (χ0v) is 13.2. The van der Waals surface area contributed by atoms with Crippen molar-refractivity contribution in [1.29, 1.82) is 0 Å². The van der Waals surface area contributed by atoms with E-state index in [1.165, 1.54) is 43.2 Å². The molecule has 1 aromatic carbocycles. The molecule has 1 aliphatic carbocycles. The summed E-state index contributed by atoms with van der Waals surface area (Å²) in [4.78, 5) is 0. The largest absolute Gasteiger partial charge is 0.384 e. The van der Waals surface area contributed by atoms with Gasteiger partial charge < -0.3 is 10.5 Å². The lowest BCUT2D eigenvalue weighted by Crippen LogP contribution is -2.37. The van der Waals surface area contributed by atoms with Crippen LogP contribution in [-0.2, 0) is 15.6 Å². The predicted molar refractivity (Wildman–Crippen MR) is 85.2 cm³/mol. The third-order valence-corrected chi connectivity index (χ3v) is 4.96. The number of hydrogen-bond donors (Lipinski definition) is 1. The fourth-order valence-electron chi connectivity index (χ4n) is 3.55. The summed E-state index contributed by atoms with van der Waals surface area (Å²) in [5, 5.41) is 0. The highest BCUT2D eigenvalue weighted by molar-refractivity contribution is 5.35. The first-order chi connectivity index (χ1) is 9.54. The Hall–Kier alpha value is -0.860. The molecule has 112 valence electrons. The molecule has 0 saturated heterocycles. The fraction of sp³-hybridized carbons (Fsp3) is 0.667. The molecule has 0 aliphatic heterocycles. The van der Waals surface area contributed by atoms with Gasteiger partial charge in [-0.3, -0.25) is 0 Å². The van der Waals surface area contributed by atoms with Crippen LogP contribution in [0.2, 0.25) is 0 Å². The van der Waals surface area contributed by atoms with Gasteiger partial charge in [-0.1, -0.05) is 57.4 Å². The van der Waals surface area contributed by atoms with E-state index in [2.05, 4.69) is 38.1 Å². The van der Waals surface area contributed by atoms with Gasteiger partial charge in [0.05, 0.1) is 6.61 Å². The topological polar surface area (TPSA) is 35.2 Å². The number of nitrogens with two attached hydrogens (primary N) is 1. The molecule has 0 aromatic heterocycles. The first-order valence-electron chi connectivity index (χ1n) is 7.84. The van der Waals surface area contributed by atoms with Gasteiger partial charge in [0, 0.05) is 24.5 Å². The molecule has 1 saturated carbocycles. The maximum absolute atomic E-state index is 6.16. The van der Waals surface area contributed by atoms with Crippen molar-refractivity contribution in [3.63, 3.8) is 0 Å². The molecule has 0 spiro atoms. The number of methoxy groups -OCH3 is 1. The van der Waals surface area contributed by atoms with Gasteiger partial charge in [0.1, 0.15) is 0 Å². The highest BCUT2D eigenvalue weighted by atomic mass is 16.5. The van der Waals surface area contributed by atoms with E-state index in [9.17, 15) is 0 Å². The maximum atomic E-state index is 6.16. The lowest BCUT2D eigenvalue weighted by molar-refractivity contribution is 0.146. The summed E-state index contributed by atoms with van der Waals surface area (Å²) in [5.74, 6) is 0. The predicted octanol–water partition coefficient (Wildman–Crippen LogP) is 3.77. The molecule has 1 fully saturated rings. The van der Waals surface area contributed by atoms with Crippen molar-refractivity contribution in [2.45, 2.75) is 56.8 Å². The zero-order chi connectivity index (χ0) is 14.6. The Balaban J connectivity index is 2.33. The number of rotatable bonds is 5. The molecule has 0 heterocycles. The van der Waals surface area contributed by atoms with Crippen LogP contribution in [0.1, 0.15) is 57.1 Å². The molecule has 0 radical (unpaired) electrons. The maximum Gasteiger partial charge on any atom is 0.0553 e. The van der Waals surface area contributed by atoms with Gasteiger partial charge in [-0.15, -0.1) is 0 Å². The van der Waals surface area contributed by atoms with Crippen LogP contribution >= 0.6 is 0 Å². The first kappa shape index (κ1) is 15.5. The van der Waals surface area contributed by atoms with Gasteiger partial charge in [0.2, 0.25) is 0 Å². The van der Waals surface area contributed by atoms with Gasteiger partial charge in [0.25, 0.3) is 0 Å². The first-order valence-corrected chi connectivity index (χ1v) is 7.84. The van der Waals surface area contributed by atoms with Crippen LogP contribution in [0.5, 0.6) is 0 Å². The zero-order valence-electron chi connectivity index (χ0n) is 13.2. The van der Waals surface area contributed by atoms with E-state index in [-0.39, 0.29) is 10.8 Å². The molecule has 1 aliphatic rings. The van der Waals surface area contributed by atoms with Crippen molar-refractivity contribution < 1.29 is 4.74 Å². The molecule has 2 rings (SSSR count). The average molecular weight is 275 g/mol. The molecular weight excluding hydrogens is 246 g/mol. The molecule has 2 nitrogen and oxygen atoms in total. The smallest absolute Gasteiger partial charge is 0.0553 e. The minimum atomic E-state index is 0.0508. The van der Waals surface area contributed by atoms with Crippen LogP contribution in [0.3, 0.4) is 0 Å². The highest BCUT2D eigenvalue weighted by Gasteiger charge is 2.33. The van der Waals surface area contributed by atoms with E-state index in [1.807, 2.05) is 0 Å². The molecule has 2 N–H and O–H groups in total. The van der Waals surface area contributed by atoms with Crippen LogP contribution in [0.4, 0.5) is 0 Å². The SMILES string of the molecule is COCC(C)(C)c1cccc(C2(CN)CCCCC2)c1. The molecule has 0 amide bonds. The summed E-state index contributed by atoms with van der Waals surface area (Å²) < 4.78 is 5.37. The Labute approximate surface area is 123 Å². The van der Waals surface area contributed by atoms with Crippen LogP contribution in [0.15, 0.2) is 24.3 Å². The quantitative estimate of drug-likeness (QED) is 0.887. The Morgan fingerprint density at radius 1 is 1.20 bits per heavy atom. The normalized spacial score (nSPS) is 19.0. The summed E-state index contributed by atoms with van der Waals surface area (Å²) in [6, 6.07) is 9.05. The van der Waals surface area contributed by atoms with E-state index in [1.54, 1.807) is 7.11 Å². The van der Waals surface area contributed by atoms with E-state index in [0.29, 0.717) is 0 Å². The Morgan fingerprint density at radius 3 is 2.50 bits per heavy atom. The van der Waals surface area contributed by atoms with Crippen molar-refractivity contribution >= 4 is 0 Å². The van der Waals surface area contributed by atoms with Gasteiger partial charge in [-0.05, 0) is 24.0 Å². The number of benzene rings is 1. The Morgan fingerprint density at radius 2 is 1.90 bits per heavy atom. The second kappa shape index (κ2) is 6.28. The van der Waals surface area contributed by atoms with Crippen LogP contribution < -0.4 is 5.73 Å².